The molecule has 1 aliphatic rings. The highest BCUT2D eigenvalue weighted by molar-refractivity contribution is 7.99. The smallest absolute Gasteiger partial charge is 0.275 e. The maximum absolute atomic E-state index is 12.9. The van der Waals surface area contributed by atoms with Gasteiger partial charge in [0.25, 0.3) is 5.56 Å². The van der Waals surface area contributed by atoms with Gasteiger partial charge >= 0.3 is 0 Å². The second-order valence-corrected chi connectivity index (χ2v) is 7.75. The summed E-state index contributed by atoms with van der Waals surface area (Å²) in [7, 11) is 0. The van der Waals surface area contributed by atoms with Crippen LogP contribution in [0.15, 0.2) is 59.5 Å². The number of nitrogens with zero attached hydrogens (tertiary/aromatic N) is 4. The first-order valence-electron chi connectivity index (χ1n) is 9.20. The molecule has 8 nitrogen and oxygen atoms in total. The molecule has 9 heteroatoms. The van der Waals surface area contributed by atoms with E-state index in [1.807, 2.05) is 12.1 Å². The lowest BCUT2D eigenvalue weighted by Crippen LogP contribution is -2.46. The molecule has 4 rings (SSSR count). The van der Waals surface area contributed by atoms with E-state index in [2.05, 4.69) is 10.4 Å². The molecule has 3 aromatic rings. The summed E-state index contributed by atoms with van der Waals surface area (Å²) in [5.41, 5.74) is 0.706. The summed E-state index contributed by atoms with van der Waals surface area (Å²) in [5.74, 6) is 0.183. The molecule has 0 bridgehead atoms. The van der Waals surface area contributed by atoms with Gasteiger partial charge in [-0.25, -0.2) is 4.68 Å². The summed E-state index contributed by atoms with van der Waals surface area (Å²) in [6.45, 7) is -0.231. The molecule has 2 heterocycles. The monoisotopic (exact) mass is 419 g/mol. The van der Waals surface area contributed by atoms with Crippen molar-refractivity contribution in [2.75, 3.05) is 16.9 Å². The number of hydrogen-bond donors (Lipinski definition) is 1. The summed E-state index contributed by atoms with van der Waals surface area (Å²) in [6.07, 6.45) is 1.55. The fourth-order valence-electron chi connectivity index (χ4n) is 3.22. The Hall–Kier alpha value is -3.64. The van der Waals surface area contributed by atoms with Crippen molar-refractivity contribution in [3.05, 3.63) is 70.6 Å². The Morgan fingerprint density at radius 2 is 1.97 bits per heavy atom. The lowest BCUT2D eigenvalue weighted by molar-refractivity contribution is -0.136. The van der Waals surface area contributed by atoms with Gasteiger partial charge < -0.3 is 10.2 Å². The number of amides is 2. The molecule has 1 fully saturated rings. The second kappa shape index (κ2) is 8.39. The minimum absolute atomic E-state index is 0.231. The van der Waals surface area contributed by atoms with Crippen molar-refractivity contribution in [2.24, 2.45) is 0 Å². The molecule has 150 valence electrons. The minimum Gasteiger partial charge on any atom is -0.324 e. The van der Waals surface area contributed by atoms with Crippen LogP contribution in [0.1, 0.15) is 5.56 Å². The van der Waals surface area contributed by atoms with Crippen LogP contribution in [0.2, 0.25) is 0 Å². The number of nitriles is 1. The number of hydrogen-bond acceptors (Lipinski definition) is 6. The zero-order valence-electron chi connectivity index (χ0n) is 15.8. The molecule has 0 aliphatic carbocycles. The van der Waals surface area contributed by atoms with Crippen molar-refractivity contribution < 1.29 is 9.59 Å². The standard InChI is InChI=1S/C21H17N5O3S/c22-9-14-5-7-16(8-6-14)24-20(28)18-12-30-13-25(18)19(27)11-26-21(29)17-4-2-1-3-15(17)10-23-26/h1-8,10,18H,11-13H2,(H,24,28). The summed E-state index contributed by atoms with van der Waals surface area (Å²) in [4.78, 5) is 39.6. The first-order chi connectivity index (χ1) is 14.6. The van der Waals surface area contributed by atoms with Crippen molar-refractivity contribution in [3.8, 4) is 6.07 Å². The Morgan fingerprint density at radius 3 is 2.73 bits per heavy atom. The number of thioether (sulfide) groups is 1. The highest BCUT2D eigenvalue weighted by Crippen LogP contribution is 2.23. The normalized spacial score (nSPS) is 15.7. The molecule has 1 unspecified atom stereocenters. The van der Waals surface area contributed by atoms with Gasteiger partial charge in [-0.1, -0.05) is 18.2 Å². The molecule has 0 saturated carbocycles. The van der Waals surface area contributed by atoms with Crippen molar-refractivity contribution in [1.29, 1.82) is 5.26 Å². The van der Waals surface area contributed by atoms with Crippen LogP contribution in [0.25, 0.3) is 10.8 Å². The van der Waals surface area contributed by atoms with E-state index < -0.39 is 6.04 Å². The van der Waals surface area contributed by atoms with E-state index in [1.165, 1.54) is 16.7 Å². The van der Waals surface area contributed by atoms with Gasteiger partial charge in [-0.05, 0) is 30.3 Å². The Balaban J connectivity index is 1.48. The maximum atomic E-state index is 12.9. The van der Waals surface area contributed by atoms with Crippen LogP contribution in [0.4, 0.5) is 5.69 Å². The van der Waals surface area contributed by atoms with Crippen LogP contribution in [0.5, 0.6) is 0 Å². The lowest BCUT2D eigenvalue weighted by atomic mass is 10.2. The molecule has 2 aromatic carbocycles. The average molecular weight is 419 g/mol. The molecule has 1 N–H and O–H groups in total. The minimum atomic E-state index is -0.644. The molecule has 1 saturated heterocycles. The summed E-state index contributed by atoms with van der Waals surface area (Å²) < 4.78 is 1.13. The summed E-state index contributed by atoms with van der Waals surface area (Å²) in [6, 6.07) is 14.9. The molecule has 2 amide bonds. The first kappa shape index (κ1) is 19.7. The Kier molecular flexibility index (Phi) is 5.50. The summed E-state index contributed by atoms with van der Waals surface area (Å²) >= 11 is 1.47. The largest absolute Gasteiger partial charge is 0.324 e. The Labute approximate surface area is 176 Å². The van der Waals surface area contributed by atoms with Gasteiger partial charge in [0.05, 0.1) is 29.1 Å². The van der Waals surface area contributed by atoms with Gasteiger partial charge in [0.1, 0.15) is 12.6 Å². The predicted molar refractivity (Wildman–Crippen MR) is 114 cm³/mol. The molecule has 1 aliphatic heterocycles. The molecule has 0 radical (unpaired) electrons. The third-order valence-corrected chi connectivity index (χ3v) is 5.85. The van der Waals surface area contributed by atoms with Crippen LogP contribution >= 0.6 is 11.8 Å². The molecule has 30 heavy (non-hydrogen) atoms. The van der Waals surface area contributed by atoms with Gasteiger partial charge in [-0.2, -0.15) is 10.4 Å². The van der Waals surface area contributed by atoms with Crippen LogP contribution in [-0.2, 0) is 16.1 Å². The van der Waals surface area contributed by atoms with E-state index in [-0.39, 0.29) is 23.9 Å². The van der Waals surface area contributed by atoms with Crippen LogP contribution < -0.4 is 10.9 Å². The number of aromatic nitrogens is 2. The number of benzene rings is 2. The van der Waals surface area contributed by atoms with E-state index in [0.717, 1.165) is 4.68 Å². The van der Waals surface area contributed by atoms with Gasteiger partial charge in [0, 0.05) is 16.8 Å². The lowest BCUT2D eigenvalue weighted by Gasteiger charge is -2.23. The van der Waals surface area contributed by atoms with E-state index in [0.29, 0.717) is 33.7 Å². The highest BCUT2D eigenvalue weighted by atomic mass is 32.2. The second-order valence-electron chi connectivity index (χ2n) is 6.75. The first-order valence-corrected chi connectivity index (χ1v) is 10.4. The fourth-order valence-corrected chi connectivity index (χ4v) is 4.40. The van der Waals surface area contributed by atoms with E-state index >= 15 is 0 Å². The number of carbonyl (C=O) groups excluding carboxylic acids is 2. The number of fused-ring (bicyclic) bond motifs is 1. The third-order valence-electron chi connectivity index (χ3n) is 4.83. The fraction of sp³-hybridized carbons (Fsp3) is 0.190. The van der Waals surface area contributed by atoms with Crippen molar-refractivity contribution in [2.45, 2.75) is 12.6 Å². The molecule has 1 atom stereocenters. The molecular weight excluding hydrogens is 402 g/mol. The van der Waals surface area contributed by atoms with Gasteiger partial charge in [0.2, 0.25) is 11.8 Å². The van der Waals surface area contributed by atoms with Crippen LogP contribution in [-0.4, -0.2) is 44.2 Å². The quantitative estimate of drug-likeness (QED) is 0.691. The topological polar surface area (TPSA) is 108 Å². The zero-order chi connectivity index (χ0) is 21.1. The van der Waals surface area contributed by atoms with E-state index in [4.69, 9.17) is 5.26 Å². The van der Waals surface area contributed by atoms with Crippen molar-refractivity contribution in [1.82, 2.24) is 14.7 Å². The Bertz CT molecular complexity index is 1220. The summed E-state index contributed by atoms with van der Waals surface area (Å²) in [5, 5.41) is 16.9. The van der Waals surface area contributed by atoms with Gasteiger partial charge in [-0.15, -0.1) is 11.8 Å². The number of carbonyl (C=O) groups is 2. The van der Waals surface area contributed by atoms with Gasteiger partial charge in [-0.3, -0.25) is 14.4 Å². The third kappa shape index (κ3) is 3.90. The highest BCUT2D eigenvalue weighted by Gasteiger charge is 2.35. The maximum Gasteiger partial charge on any atom is 0.275 e. The van der Waals surface area contributed by atoms with Crippen molar-refractivity contribution >= 4 is 40.0 Å². The number of nitrogens with one attached hydrogen (secondary N) is 1. The van der Waals surface area contributed by atoms with Gasteiger partial charge in [0.15, 0.2) is 0 Å². The zero-order valence-corrected chi connectivity index (χ0v) is 16.6. The molecular formula is C21H17N5O3S. The van der Waals surface area contributed by atoms with Crippen LogP contribution in [0, 0.1) is 11.3 Å². The van der Waals surface area contributed by atoms with E-state index in [1.54, 1.807) is 48.7 Å². The predicted octanol–water partition coefficient (Wildman–Crippen LogP) is 1.81. The van der Waals surface area contributed by atoms with E-state index in [9.17, 15) is 14.4 Å². The number of anilines is 1. The number of rotatable bonds is 4. The molecule has 0 spiro atoms. The average Bonchev–Trinajstić information content (AvgIpc) is 3.27. The molecule has 1 aromatic heterocycles. The SMILES string of the molecule is N#Cc1ccc(NC(=O)C2CSCN2C(=O)Cn2ncc3ccccc3c2=O)cc1. The van der Waals surface area contributed by atoms with Crippen molar-refractivity contribution in [3.63, 3.8) is 0 Å². The van der Waals surface area contributed by atoms with Crippen LogP contribution in [0.3, 0.4) is 0 Å². The Morgan fingerprint density at radius 1 is 1.20 bits per heavy atom.